The van der Waals surface area contributed by atoms with Gasteiger partial charge in [0.05, 0.1) is 6.04 Å². The highest BCUT2D eigenvalue weighted by Crippen LogP contribution is 2.30. The van der Waals surface area contributed by atoms with Crippen molar-refractivity contribution in [3.8, 4) is 0 Å². The molecule has 0 radical (unpaired) electrons. The molecule has 0 saturated carbocycles. The van der Waals surface area contributed by atoms with E-state index < -0.39 is 0 Å². The maximum absolute atomic E-state index is 12.7. The van der Waals surface area contributed by atoms with Crippen molar-refractivity contribution in [2.24, 2.45) is 0 Å². The van der Waals surface area contributed by atoms with Gasteiger partial charge in [-0.2, -0.15) is 0 Å². The summed E-state index contributed by atoms with van der Waals surface area (Å²) in [7, 11) is 0. The molecule has 1 aliphatic heterocycles. The molecule has 2 aromatic rings. The second-order valence-electron chi connectivity index (χ2n) is 8.14. The lowest BCUT2D eigenvalue weighted by Gasteiger charge is -2.40. The van der Waals surface area contributed by atoms with E-state index in [-0.39, 0.29) is 11.9 Å². The highest BCUT2D eigenvalue weighted by Gasteiger charge is 2.26. The maximum atomic E-state index is 12.7. The van der Waals surface area contributed by atoms with Gasteiger partial charge in [0.1, 0.15) is 0 Å². The summed E-state index contributed by atoms with van der Waals surface area (Å²) < 4.78 is 0. The van der Waals surface area contributed by atoms with E-state index >= 15 is 0 Å². The van der Waals surface area contributed by atoms with Crippen LogP contribution >= 0.6 is 0 Å². The number of unbranched alkanes of at least 4 members (excludes halogenated alkanes) is 1. The third-order valence-electron chi connectivity index (χ3n) is 6.24. The molecule has 4 nitrogen and oxygen atoms in total. The molecule has 1 atom stereocenters. The Balaban J connectivity index is 1.79. The summed E-state index contributed by atoms with van der Waals surface area (Å²) in [4.78, 5) is 19.8. The van der Waals surface area contributed by atoms with Gasteiger partial charge in [-0.15, -0.1) is 0 Å². The molecule has 3 rings (SSSR count). The number of hydrogen-bond acceptors (Lipinski definition) is 3. The van der Waals surface area contributed by atoms with Gasteiger partial charge in [-0.25, -0.2) is 0 Å². The van der Waals surface area contributed by atoms with Gasteiger partial charge in [0, 0.05) is 44.8 Å². The number of hydrogen-bond donors (Lipinski definition) is 0. The summed E-state index contributed by atoms with van der Waals surface area (Å²) in [6.45, 7) is 13.4. The first-order valence-electron chi connectivity index (χ1n) is 11.6. The van der Waals surface area contributed by atoms with Gasteiger partial charge >= 0.3 is 0 Å². The normalized spacial score (nSPS) is 16.4. The van der Waals surface area contributed by atoms with Crippen LogP contribution in [0.4, 0.5) is 0 Å². The van der Waals surface area contributed by atoms with Crippen molar-refractivity contribution in [3.63, 3.8) is 0 Å². The van der Waals surface area contributed by atoms with Crippen LogP contribution < -0.4 is 0 Å². The fourth-order valence-electron chi connectivity index (χ4n) is 4.38. The summed E-state index contributed by atoms with van der Waals surface area (Å²) in [5.41, 5.74) is 3.36. The molecule has 4 heteroatoms. The third kappa shape index (κ3) is 5.50. The lowest BCUT2D eigenvalue weighted by molar-refractivity contribution is 0.0773. The Labute approximate surface area is 182 Å². The lowest BCUT2D eigenvalue weighted by Crippen LogP contribution is -2.48. The Kier molecular flexibility index (Phi) is 8.47. The van der Waals surface area contributed by atoms with E-state index in [1.165, 1.54) is 30.5 Å². The van der Waals surface area contributed by atoms with Crippen molar-refractivity contribution < 1.29 is 4.79 Å². The number of carbonyl (C=O) groups excluding carboxylic acids is 1. The van der Waals surface area contributed by atoms with Crippen LogP contribution in [0, 0.1) is 0 Å². The van der Waals surface area contributed by atoms with Crippen molar-refractivity contribution in [1.29, 1.82) is 0 Å². The predicted molar refractivity (Wildman–Crippen MR) is 125 cm³/mol. The van der Waals surface area contributed by atoms with E-state index in [0.29, 0.717) is 0 Å². The van der Waals surface area contributed by atoms with Crippen LogP contribution in [0.5, 0.6) is 0 Å². The fourth-order valence-corrected chi connectivity index (χ4v) is 4.38. The number of carbonyl (C=O) groups is 1. The Morgan fingerprint density at radius 1 is 0.867 bits per heavy atom. The van der Waals surface area contributed by atoms with E-state index in [4.69, 9.17) is 0 Å². The third-order valence-corrected chi connectivity index (χ3v) is 6.24. The van der Waals surface area contributed by atoms with Gasteiger partial charge < -0.3 is 9.80 Å². The predicted octanol–water partition coefficient (Wildman–Crippen LogP) is 4.68. The average molecular weight is 408 g/mol. The van der Waals surface area contributed by atoms with E-state index in [0.717, 1.165) is 44.8 Å². The minimum absolute atomic E-state index is 0.118. The fraction of sp³-hybridized carbons (Fsp3) is 0.500. The van der Waals surface area contributed by atoms with Crippen molar-refractivity contribution in [2.75, 3.05) is 45.8 Å². The summed E-state index contributed by atoms with van der Waals surface area (Å²) in [5.74, 6) is 0.118. The summed E-state index contributed by atoms with van der Waals surface area (Å²) >= 11 is 0. The molecule has 0 unspecified atom stereocenters. The number of amides is 1. The Morgan fingerprint density at radius 3 is 2.03 bits per heavy atom. The topological polar surface area (TPSA) is 26.8 Å². The zero-order valence-electron chi connectivity index (χ0n) is 18.9. The van der Waals surface area contributed by atoms with Crippen LogP contribution in [0.25, 0.3) is 0 Å². The van der Waals surface area contributed by atoms with Gasteiger partial charge in [-0.1, -0.05) is 55.8 Å². The standard InChI is InChI=1S/C26H37N3O/c1-4-7-17-27-18-20-29(21-19-27)25(22-11-9-8-10-12-22)23-13-15-24(16-14-23)26(30)28(5-2)6-3/h8-16,25H,4-7,17-21H2,1-3H3/t25-/m0/s1. The molecular formula is C26H37N3O. The molecule has 1 fully saturated rings. The van der Waals surface area contributed by atoms with Crippen molar-refractivity contribution in [2.45, 2.75) is 39.7 Å². The Morgan fingerprint density at radius 2 is 1.47 bits per heavy atom. The van der Waals surface area contributed by atoms with Crippen LogP contribution in [0.2, 0.25) is 0 Å². The molecule has 1 amide bonds. The van der Waals surface area contributed by atoms with Crippen LogP contribution in [0.15, 0.2) is 54.6 Å². The number of benzene rings is 2. The minimum Gasteiger partial charge on any atom is -0.339 e. The minimum atomic E-state index is 0.118. The molecule has 162 valence electrons. The Bertz CT molecular complexity index is 763. The summed E-state index contributed by atoms with van der Waals surface area (Å²) in [5, 5.41) is 0. The molecule has 0 aliphatic carbocycles. The van der Waals surface area contributed by atoms with Crippen LogP contribution in [-0.4, -0.2) is 66.4 Å². The molecule has 1 aliphatic rings. The van der Waals surface area contributed by atoms with Gasteiger partial charge in [0.2, 0.25) is 0 Å². The van der Waals surface area contributed by atoms with Crippen molar-refractivity contribution in [3.05, 3.63) is 71.3 Å². The molecule has 1 heterocycles. The highest BCUT2D eigenvalue weighted by atomic mass is 16.2. The lowest BCUT2D eigenvalue weighted by atomic mass is 9.95. The number of rotatable bonds is 9. The van der Waals surface area contributed by atoms with Crippen molar-refractivity contribution in [1.82, 2.24) is 14.7 Å². The van der Waals surface area contributed by atoms with Crippen molar-refractivity contribution >= 4 is 5.91 Å². The monoisotopic (exact) mass is 407 g/mol. The zero-order valence-corrected chi connectivity index (χ0v) is 18.9. The molecule has 1 saturated heterocycles. The highest BCUT2D eigenvalue weighted by molar-refractivity contribution is 5.94. The second kappa shape index (κ2) is 11.3. The SMILES string of the molecule is CCCCN1CCN([C@@H](c2ccccc2)c2ccc(C(=O)N(CC)CC)cc2)CC1. The zero-order chi connectivity index (χ0) is 21.3. The first kappa shape index (κ1) is 22.5. The molecule has 0 aromatic heterocycles. The van der Waals surface area contributed by atoms with Crippen LogP contribution in [0.3, 0.4) is 0 Å². The van der Waals surface area contributed by atoms with E-state index in [1.807, 2.05) is 30.9 Å². The quantitative estimate of drug-likeness (QED) is 0.604. The smallest absolute Gasteiger partial charge is 0.253 e. The van der Waals surface area contributed by atoms with E-state index in [1.54, 1.807) is 0 Å². The molecule has 30 heavy (non-hydrogen) atoms. The molecule has 0 spiro atoms. The summed E-state index contributed by atoms with van der Waals surface area (Å²) in [6.07, 6.45) is 2.54. The molecule has 0 N–H and O–H groups in total. The van der Waals surface area contributed by atoms with Crippen LogP contribution in [0.1, 0.15) is 61.1 Å². The molecular weight excluding hydrogens is 370 g/mol. The van der Waals surface area contributed by atoms with Crippen LogP contribution in [-0.2, 0) is 0 Å². The van der Waals surface area contributed by atoms with E-state index in [2.05, 4.69) is 59.2 Å². The number of nitrogens with zero attached hydrogens (tertiary/aromatic N) is 3. The largest absolute Gasteiger partial charge is 0.339 e. The van der Waals surface area contributed by atoms with E-state index in [9.17, 15) is 4.79 Å². The van der Waals surface area contributed by atoms with Gasteiger partial charge in [0.25, 0.3) is 5.91 Å². The average Bonchev–Trinajstić information content (AvgIpc) is 2.80. The number of piperazine rings is 1. The van der Waals surface area contributed by atoms with Gasteiger partial charge in [-0.3, -0.25) is 9.69 Å². The van der Waals surface area contributed by atoms with Gasteiger partial charge in [0.15, 0.2) is 0 Å². The Hall–Kier alpha value is -2.17. The second-order valence-corrected chi connectivity index (χ2v) is 8.14. The maximum Gasteiger partial charge on any atom is 0.253 e. The molecule has 0 bridgehead atoms. The molecule has 2 aromatic carbocycles. The summed E-state index contributed by atoms with van der Waals surface area (Å²) in [6, 6.07) is 19.3. The first-order valence-corrected chi connectivity index (χ1v) is 11.6. The van der Waals surface area contributed by atoms with Gasteiger partial charge in [-0.05, 0) is 50.1 Å². The first-order chi connectivity index (χ1) is 14.7.